The van der Waals surface area contributed by atoms with Gasteiger partial charge in [-0.1, -0.05) is 60.7 Å². The first-order valence-corrected chi connectivity index (χ1v) is 14.1. The van der Waals surface area contributed by atoms with Crippen molar-refractivity contribution in [3.63, 3.8) is 0 Å². The van der Waals surface area contributed by atoms with Gasteiger partial charge in [0, 0.05) is 42.1 Å². The van der Waals surface area contributed by atoms with Crippen molar-refractivity contribution in [1.29, 1.82) is 0 Å². The van der Waals surface area contributed by atoms with Crippen molar-refractivity contribution in [1.82, 2.24) is 9.88 Å². The van der Waals surface area contributed by atoms with Crippen molar-refractivity contribution in [2.24, 2.45) is 0 Å². The Bertz CT molecular complexity index is 1520. The number of aliphatic hydroxyl groups excluding tert-OH is 1. The number of aliphatic hydroxyl groups is 1. The lowest BCUT2D eigenvalue weighted by molar-refractivity contribution is -0.141. The van der Waals surface area contributed by atoms with Crippen molar-refractivity contribution in [2.75, 3.05) is 18.4 Å². The number of nitrogens with one attached hydrogen (secondary N) is 1. The Hall–Kier alpha value is -4.02. The van der Waals surface area contributed by atoms with Gasteiger partial charge >= 0.3 is 6.18 Å². The molecule has 6 nitrogen and oxygen atoms in total. The number of aromatic nitrogens is 1. The van der Waals surface area contributed by atoms with Crippen LogP contribution in [0, 0.1) is 0 Å². The van der Waals surface area contributed by atoms with Gasteiger partial charge in [0.1, 0.15) is 11.8 Å². The molecule has 0 radical (unpaired) electrons. The third kappa shape index (κ3) is 6.83. The molecule has 0 aliphatic carbocycles. The Morgan fingerprint density at radius 3 is 2.44 bits per heavy atom. The van der Waals surface area contributed by atoms with Crippen LogP contribution in [0.15, 0.2) is 84.2 Å². The monoisotopic (exact) mass is 579 g/mol. The van der Waals surface area contributed by atoms with E-state index in [0.717, 1.165) is 22.7 Å². The molecule has 0 spiro atoms. The molecule has 1 fully saturated rings. The second-order valence-electron chi connectivity index (χ2n) is 9.95. The molecule has 1 atom stereocenters. The van der Waals surface area contributed by atoms with E-state index in [1.807, 2.05) is 30.3 Å². The summed E-state index contributed by atoms with van der Waals surface area (Å²) >= 11 is 1.37. The SMILES string of the molecule is O=C(Nc1ccccc1-c1cccc(C(F)(F)F)c1)c1csc(C2CCN(C(=O)[C@H](O)Cc3ccccc3)CC2)n1. The Morgan fingerprint density at radius 2 is 1.71 bits per heavy atom. The summed E-state index contributed by atoms with van der Waals surface area (Å²) < 4.78 is 39.7. The lowest BCUT2D eigenvalue weighted by atomic mass is 9.96. The Labute approximate surface area is 239 Å². The first kappa shape index (κ1) is 28.5. The summed E-state index contributed by atoms with van der Waals surface area (Å²) in [6.07, 6.45) is -3.98. The van der Waals surface area contributed by atoms with Crippen LogP contribution < -0.4 is 5.32 Å². The van der Waals surface area contributed by atoms with Gasteiger partial charge < -0.3 is 15.3 Å². The molecular formula is C31H28F3N3O3S. The van der Waals surface area contributed by atoms with Crippen LogP contribution in [0.25, 0.3) is 11.1 Å². The fourth-order valence-corrected chi connectivity index (χ4v) is 5.93. The standard InChI is InChI=1S/C31H28F3N3O3S/c32-31(33,34)23-10-6-9-22(18-23)24-11-4-5-12-25(24)35-28(39)26-19-41-29(36-26)21-13-15-37(16-14-21)30(40)27(38)17-20-7-2-1-3-8-20/h1-12,18-19,21,27,38H,13-17H2,(H,35,39)/t27-/m1/s1. The zero-order valence-corrected chi connectivity index (χ0v) is 22.8. The molecule has 1 aliphatic rings. The minimum atomic E-state index is -4.48. The smallest absolute Gasteiger partial charge is 0.383 e. The van der Waals surface area contributed by atoms with Crippen LogP contribution in [0.5, 0.6) is 0 Å². The quantitative estimate of drug-likeness (QED) is 0.266. The van der Waals surface area contributed by atoms with Crippen LogP contribution in [-0.2, 0) is 17.4 Å². The van der Waals surface area contributed by atoms with E-state index in [9.17, 15) is 27.9 Å². The minimum absolute atomic E-state index is 0.0780. The predicted octanol–water partition coefficient (Wildman–Crippen LogP) is 6.39. The number of thiazole rings is 1. The number of amides is 2. The molecule has 10 heteroatoms. The molecule has 0 bridgehead atoms. The Balaban J connectivity index is 1.20. The molecule has 3 aromatic carbocycles. The van der Waals surface area contributed by atoms with E-state index in [1.54, 1.807) is 40.6 Å². The lowest BCUT2D eigenvalue weighted by Gasteiger charge is -2.32. The summed E-state index contributed by atoms with van der Waals surface area (Å²) in [6.45, 7) is 0.974. The second-order valence-corrected chi connectivity index (χ2v) is 10.8. The number of alkyl halides is 3. The van der Waals surface area contributed by atoms with Crippen molar-refractivity contribution < 1.29 is 27.9 Å². The zero-order chi connectivity index (χ0) is 29.0. The third-order valence-electron chi connectivity index (χ3n) is 7.14. The van der Waals surface area contributed by atoms with E-state index >= 15 is 0 Å². The highest BCUT2D eigenvalue weighted by molar-refractivity contribution is 7.10. The average Bonchev–Trinajstić information content (AvgIpc) is 3.48. The molecule has 41 heavy (non-hydrogen) atoms. The number of benzene rings is 3. The van der Waals surface area contributed by atoms with Crippen LogP contribution in [0.4, 0.5) is 18.9 Å². The molecule has 2 N–H and O–H groups in total. The number of rotatable bonds is 7. The van der Waals surface area contributed by atoms with Crippen LogP contribution in [0.3, 0.4) is 0 Å². The van der Waals surface area contributed by atoms with Gasteiger partial charge in [0.25, 0.3) is 11.8 Å². The molecule has 2 amide bonds. The van der Waals surface area contributed by atoms with Crippen molar-refractivity contribution in [3.05, 3.63) is 106 Å². The van der Waals surface area contributed by atoms with Crippen LogP contribution in [0.2, 0.25) is 0 Å². The topological polar surface area (TPSA) is 82.5 Å². The van der Waals surface area contributed by atoms with Gasteiger partial charge in [0.15, 0.2) is 0 Å². The normalized spacial score (nSPS) is 15.0. The number of para-hydroxylation sites is 1. The highest BCUT2D eigenvalue weighted by Gasteiger charge is 2.31. The summed E-state index contributed by atoms with van der Waals surface area (Å²) in [5.74, 6) is -0.663. The molecule has 1 aliphatic heterocycles. The number of hydrogen-bond donors (Lipinski definition) is 2. The number of nitrogens with zero attached hydrogens (tertiary/aromatic N) is 2. The molecule has 5 rings (SSSR count). The number of anilines is 1. The van der Waals surface area contributed by atoms with Gasteiger partial charge in [0.2, 0.25) is 0 Å². The molecular weight excluding hydrogens is 551 g/mol. The van der Waals surface area contributed by atoms with E-state index in [1.165, 1.54) is 17.4 Å². The van der Waals surface area contributed by atoms with Gasteiger partial charge in [-0.3, -0.25) is 9.59 Å². The summed E-state index contributed by atoms with van der Waals surface area (Å²) in [7, 11) is 0. The maximum atomic E-state index is 13.2. The third-order valence-corrected chi connectivity index (χ3v) is 8.15. The number of piperidine rings is 1. The molecule has 0 unspecified atom stereocenters. The summed E-state index contributed by atoms with van der Waals surface area (Å²) in [4.78, 5) is 32.0. The average molecular weight is 580 g/mol. The van der Waals surface area contributed by atoms with Crippen molar-refractivity contribution in [3.8, 4) is 11.1 Å². The fraction of sp³-hybridized carbons (Fsp3) is 0.258. The van der Waals surface area contributed by atoms with E-state index in [-0.39, 0.29) is 23.9 Å². The van der Waals surface area contributed by atoms with Crippen molar-refractivity contribution >= 4 is 28.8 Å². The van der Waals surface area contributed by atoms with E-state index < -0.39 is 23.8 Å². The number of carbonyl (C=O) groups is 2. The number of likely N-dealkylation sites (tertiary alicyclic amines) is 1. The van der Waals surface area contributed by atoms with Gasteiger partial charge in [0.05, 0.1) is 10.6 Å². The van der Waals surface area contributed by atoms with Crippen LogP contribution >= 0.6 is 11.3 Å². The molecule has 2 heterocycles. The number of halogens is 3. The summed E-state index contributed by atoms with van der Waals surface area (Å²) in [5, 5.41) is 15.7. The Morgan fingerprint density at radius 1 is 1.00 bits per heavy atom. The molecule has 1 saturated heterocycles. The van der Waals surface area contributed by atoms with Crippen LogP contribution in [-0.4, -0.2) is 46.0 Å². The highest BCUT2D eigenvalue weighted by atomic mass is 32.1. The summed E-state index contributed by atoms with van der Waals surface area (Å²) in [5.41, 5.74) is 1.54. The van der Waals surface area contributed by atoms with E-state index in [2.05, 4.69) is 10.3 Å². The van der Waals surface area contributed by atoms with Crippen LogP contribution in [0.1, 0.15) is 45.4 Å². The molecule has 4 aromatic rings. The maximum absolute atomic E-state index is 13.2. The first-order chi connectivity index (χ1) is 19.7. The molecule has 212 valence electrons. The molecule has 1 aromatic heterocycles. The Kier molecular flexibility index (Phi) is 8.51. The maximum Gasteiger partial charge on any atom is 0.416 e. The summed E-state index contributed by atoms with van der Waals surface area (Å²) in [6, 6.07) is 21.1. The van der Waals surface area contributed by atoms with Gasteiger partial charge in [-0.05, 0) is 42.2 Å². The number of hydrogen-bond acceptors (Lipinski definition) is 5. The lowest BCUT2D eigenvalue weighted by Crippen LogP contribution is -2.44. The highest BCUT2D eigenvalue weighted by Crippen LogP contribution is 2.35. The van der Waals surface area contributed by atoms with Gasteiger partial charge in [-0.15, -0.1) is 11.3 Å². The van der Waals surface area contributed by atoms with Gasteiger partial charge in [-0.2, -0.15) is 13.2 Å². The van der Waals surface area contributed by atoms with Crippen molar-refractivity contribution in [2.45, 2.75) is 37.5 Å². The van der Waals surface area contributed by atoms with Gasteiger partial charge in [-0.25, -0.2) is 4.98 Å². The first-order valence-electron chi connectivity index (χ1n) is 13.2. The predicted molar refractivity (Wildman–Crippen MR) is 152 cm³/mol. The van der Waals surface area contributed by atoms with E-state index in [0.29, 0.717) is 42.7 Å². The second kappa shape index (κ2) is 12.2. The molecule has 0 saturated carbocycles. The largest absolute Gasteiger partial charge is 0.416 e. The van der Waals surface area contributed by atoms with E-state index in [4.69, 9.17) is 0 Å². The number of carbonyl (C=O) groups excluding carboxylic acids is 2. The minimum Gasteiger partial charge on any atom is -0.383 e. The fourth-order valence-electron chi connectivity index (χ4n) is 4.95. The zero-order valence-electron chi connectivity index (χ0n) is 22.0.